The van der Waals surface area contributed by atoms with Gasteiger partial charge < -0.3 is 14.6 Å². The zero-order valence-corrected chi connectivity index (χ0v) is 22.5. The molecule has 200 valence electrons. The van der Waals surface area contributed by atoms with E-state index in [2.05, 4.69) is 0 Å². The molecule has 0 saturated heterocycles. The molecule has 4 aliphatic carbocycles. The predicted molar refractivity (Wildman–Crippen MR) is 130 cm³/mol. The summed E-state index contributed by atoms with van der Waals surface area (Å²) in [6.07, 6.45) is 5.29. The zero-order valence-electron chi connectivity index (χ0n) is 20.9. The number of aliphatic hydroxyl groups is 1. The molecule has 0 amide bonds. The van der Waals surface area contributed by atoms with E-state index in [1.54, 1.807) is 26.0 Å². The van der Waals surface area contributed by atoms with E-state index >= 15 is 0 Å². The van der Waals surface area contributed by atoms with Crippen LogP contribution in [0.2, 0.25) is 0 Å². The van der Waals surface area contributed by atoms with Crippen LogP contribution in [0.3, 0.4) is 0 Å². The lowest BCUT2D eigenvalue weighted by Crippen LogP contribution is -2.69. The molecule has 1 N–H and O–H groups in total. The van der Waals surface area contributed by atoms with Crippen molar-refractivity contribution in [3.63, 3.8) is 0 Å². The minimum absolute atomic E-state index is 0.0202. The summed E-state index contributed by atoms with van der Waals surface area (Å²) < 4.78 is 38.8. The summed E-state index contributed by atoms with van der Waals surface area (Å²) in [4.78, 5) is 37.0. The summed E-state index contributed by atoms with van der Waals surface area (Å²) >= 11 is 7.39. The topological polar surface area (TPSA) is 133 Å². The molecule has 36 heavy (non-hydrogen) atoms. The number of rotatable bonds is 6. The van der Waals surface area contributed by atoms with Crippen LogP contribution in [0.1, 0.15) is 52.9 Å². The summed E-state index contributed by atoms with van der Waals surface area (Å²) in [6, 6.07) is 0. The number of ether oxygens (including phenoxy) is 2. The fourth-order valence-corrected chi connectivity index (χ4v) is 8.29. The van der Waals surface area contributed by atoms with E-state index in [0.717, 1.165) is 11.8 Å². The molecule has 0 aromatic rings. The van der Waals surface area contributed by atoms with Crippen molar-refractivity contribution in [1.82, 2.24) is 0 Å². The Morgan fingerprint density at radius 1 is 1.22 bits per heavy atom. The van der Waals surface area contributed by atoms with Gasteiger partial charge in [0.05, 0.1) is 23.8 Å². The molecular formula is C25H33ClO9S. The number of aliphatic hydroxyl groups excluding tert-OH is 1. The third-order valence-corrected chi connectivity index (χ3v) is 10.6. The maximum atomic E-state index is 13.6. The number of ketones is 2. The van der Waals surface area contributed by atoms with Crippen LogP contribution >= 0.6 is 11.6 Å². The van der Waals surface area contributed by atoms with Crippen LogP contribution in [-0.2, 0) is 33.4 Å². The highest BCUT2D eigenvalue weighted by Gasteiger charge is 2.74. The highest BCUT2D eigenvalue weighted by atomic mass is 35.5. The Hall–Kier alpha value is -1.75. The Kier molecular flexibility index (Phi) is 6.76. The number of hydrogen-bond donors (Lipinski definition) is 1. The van der Waals surface area contributed by atoms with Crippen molar-refractivity contribution in [2.75, 3.05) is 19.5 Å². The van der Waals surface area contributed by atoms with E-state index in [4.69, 9.17) is 25.3 Å². The maximum Gasteiger partial charge on any atom is 0.509 e. The molecule has 3 saturated carbocycles. The van der Waals surface area contributed by atoms with Gasteiger partial charge in [-0.3, -0.25) is 13.8 Å². The van der Waals surface area contributed by atoms with Crippen LogP contribution in [0, 0.1) is 22.7 Å². The Morgan fingerprint density at radius 3 is 2.56 bits per heavy atom. The lowest BCUT2D eigenvalue weighted by atomic mass is 9.45. The van der Waals surface area contributed by atoms with Gasteiger partial charge in [0.2, 0.25) is 5.78 Å². The monoisotopic (exact) mass is 544 g/mol. The van der Waals surface area contributed by atoms with Crippen molar-refractivity contribution in [2.24, 2.45) is 22.7 Å². The molecule has 7 atom stereocenters. The molecule has 9 nitrogen and oxygen atoms in total. The minimum atomic E-state index is -3.93. The molecule has 0 heterocycles. The highest BCUT2D eigenvalue weighted by Crippen LogP contribution is 2.71. The molecule has 3 fully saturated rings. The zero-order chi connectivity index (χ0) is 26.7. The number of carbonyl (C=O) groups is 3. The summed E-state index contributed by atoms with van der Waals surface area (Å²) in [5.74, 6) is -1.33. The second-order valence-corrected chi connectivity index (χ2v) is 13.1. The van der Waals surface area contributed by atoms with Gasteiger partial charge in [-0.05, 0) is 63.0 Å². The van der Waals surface area contributed by atoms with Crippen molar-refractivity contribution in [1.29, 1.82) is 0 Å². The fourth-order valence-electron chi connectivity index (χ4n) is 7.45. The van der Waals surface area contributed by atoms with Gasteiger partial charge in [0.15, 0.2) is 11.4 Å². The van der Waals surface area contributed by atoms with Crippen LogP contribution < -0.4 is 0 Å². The maximum absolute atomic E-state index is 13.6. The van der Waals surface area contributed by atoms with Gasteiger partial charge >= 0.3 is 6.16 Å². The van der Waals surface area contributed by atoms with Gasteiger partial charge in [-0.2, -0.15) is 8.42 Å². The number of allylic oxidation sites excluding steroid dienone is 4. The molecule has 1 unspecified atom stereocenters. The summed E-state index contributed by atoms with van der Waals surface area (Å²) in [5, 5.41) is 11.7. The standard InChI is InChI=1S/C25H33ClO9S/c1-5-33-21(30)35-24(20(29)14-34-36(4,31)32)11-9-17-18-7-6-15-12-16(27)8-10-22(15,2)25(18,26)19(28)13-23(17,24)3/h8,10,12,17-19,28H,5-7,9,11,13-14H2,1-4H3/t17-,18-,19?,22-,23-,24-,25-/m0/s1. The van der Waals surface area contributed by atoms with Crippen molar-refractivity contribution < 1.29 is 41.6 Å². The van der Waals surface area contributed by atoms with Crippen molar-refractivity contribution >= 4 is 39.4 Å². The summed E-state index contributed by atoms with van der Waals surface area (Å²) in [5.41, 5.74) is -2.73. The Balaban J connectivity index is 1.77. The number of halogens is 1. The average molecular weight is 545 g/mol. The molecule has 0 bridgehead atoms. The number of fused-ring (bicyclic) bond motifs is 5. The number of carbonyl (C=O) groups excluding carboxylic acids is 3. The van der Waals surface area contributed by atoms with E-state index < -0.39 is 56.1 Å². The molecule has 0 aromatic heterocycles. The van der Waals surface area contributed by atoms with E-state index in [1.165, 1.54) is 6.08 Å². The number of hydrogen-bond acceptors (Lipinski definition) is 9. The van der Waals surface area contributed by atoms with Crippen molar-refractivity contribution in [3.8, 4) is 0 Å². The Bertz CT molecular complexity index is 1150. The summed E-state index contributed by atoms with van der Waals surface area (Å²) in [7, 11) is -3.93. The molecule has 0 spiro atoms. The third kappa shape index (κ3) is 3.87. The molecule has 0 radical (unpaired) electrons. The van der Waals surface area contributed by atoms with Crippen molar-refractivity contribution in [3.05, 3.63) is 23.8 Å². The average Bonchev–Trinajstić information content (AvgIpc) is 3.06. The molecule has 4 aliphatic rings. The van der Waals surface area contributed by atoms with Crippen molar-refractivity contribution in [2.45, 2.75) is 69.5 Å². The second-order valence-electron chi connectivity index (χ2n) is 10.8. The first-order valence-electron chi connectivity index (χ1n) is 12.2. The van der Waals surface area contributed by atoms with Gasteiger partial charge in [-0.25, -0.2) is 4.79 Å². The SMILES string of the molecule is CCOC(=O)O[C@]1(C(=O)COS(C)(=O)=O)CC[C@H]2[C@@H]3CCC4=CC(=O)C=C[C@]4(C)[C@@]3(Cl)C(O)C[C@@]21C. The van der Waals surface area contributed by atoms with Crippen LogP contribution in [0.25, 0.3) is 0 Å². The van der Waals surface area contributed by atoms with E-state index in [-0.39, 0.29) is 37.1 Å². The summed E-state index contributed by atoms with van der Waals surface area (Å²) in [6.45, 7) is 4.54. The van der Waals surface area contributed by atoms with Gasteiger partial charge in [0, 0.05) is 10.8 Å². The predicted octanol–water partition coefficient (Wildman–Crippen LogP) is 3.08. The minimum Gasteiger partial charge on any atom is -0.435 e. The first kappa shape index (κ1) is 27.3. The molecule has 0 aliphatic heterocycles. The number of alkyl halides is 1. The largest absolute Gasteiger partial charge is 0.509 e. The smallest absolute Gasteiger partial charge is 0.435 e. The highest BCUT2D eigenvalue weighted by molar-refractivity contribution is 7.86. The van der Waals surface area contributed by atoms with Crippen LogP contribution in [-0.4, -0.2) is 67.3 Å². The third-order valence-electron chi connectivity index (χ3n) is 9.14. The first-order chi connectivity index (χ1) is 16.6. The quantitative estimate of drug-likeness (QED) is 0.304. The van der Waals surface area contributed by atoms with Crippen LogP contribution in [0.5, 0.6) is 0 Å². The molecule has 11 heteroatoms. The van der Waals surface area contributed by atoms with E-state index in [9.17, 15) is 27.9 Å². The van der Waals surface area contributed by atoms with Gasteiger partial charge in [-0.15, -0.1) is 11.6 Å². The molecule has 0 aromatic carbocycles. The number of Topliss-reactive ketones (excluding diaryl/α,β-unsaturated/α-hetero) is 1. The first-order valence-corrected chi connectivity index (χ1v) is 14.4. The van der Waals surface area contributed by atoms with E-state index in [0.29, 0.717) is 19.3 Å². The second kappa shape index (κ2) is 8.92. The normalized spacial score (nSPS) is 41.6. The molecular weight excluding hydrogens is 512 g/mol. The lowest BCUT2D eigenvalue weighted by Gasteiger charge is -2.64. The molecule has 4 rings (SSSR count). The fraction of sp³-hybridized carbons (Fsp3) is 0.720. The Labute approximate surface area is 216 Å². The van der Waals surface area contributed by atoms with Crippen LogP contribution in [0.15, 0.2) is 23.8 Å². The van der Waals surface area contributed by atoms with Gasteiger partial charge in [0.25, 0.3) is 10.1 Å². The van der Waals surface area contributed by atoms with Gasteiger partial charge in [-0.1, -0.05) is 25.5 Å². The van der Waals surface area contributed by atoms with Crippen LogP contribution in [0.4, 0.5) is 4.79 Å². The van der Waals surface area contributed by atoms with Gasteiger partial charge in [0.1, 0.15) is 6.61 Å². The Morgan fingerprint density at radius 2 is 1.92 bits per heavy atom. The lowest BCUT2D eigenvalue weighted by molar-refractivity contribution is -0.178. The van der Waals surface area contributed by atoms with E-state index in [1.807, 2.05) is 6.92 Å².